The number of nitrogens with one attached hydrogen (secondary N) is 2. The predicted octanol–water partition coefficient (Wildman–Crippen LogP) is 2.01. The van der Waals surface area contributed by atoms with Gasteiger partial charge < -0.3 is 5.32 Å². The quantitative estimate of drug-likeness (QED) is 0.596. The van der Waals surface area contributed by atoms with Crippen molar-refractivity contribution in [3.8, 4) is 5.82 Å². The summed E-state index contributed by atoms with van der Waals surface area (Å²) in [5, 5.41) is 15.8. The van der Waals surface area contributed by atoms with E-state index >= 15 is 0 Å². The number of hydrogen-bond acceptors (Lipinski definition) is 6. The van der Waals surface area contributed by atoms with Crippen molar-refractivity contribution in [1.82, 2.24) is 24.7 Å². The molecule has 26 heavy (non-hydrogen) atoms. The highest BCUT2D eigenvalue weighted by atomic mass is 35.5. The summed E-state index contributed by atoms with van der Waals surface area (Å²) < 4.78 is 28.5. The highest BCUT2D eigenvalue weighted by Gasteiger charge is 2.13. The number of sulfonamides is 1. The number of halogens is 1. The largest absolute Gasteiger partial charge is 0.367 e. The van der Waals surface area contributed by atoms with E-state index in [9.17, 15) is 8.42 Å². The van der Waals surface area contributed by atoms with Crippen molar-refractivity contribution in [1.29, 1.82) is 0 Å². The van der Waals surface area contributed by atoms with Gasteiger partial charge in [-0.3, -0.25) is 0 Å². The number of rotatable bonds is 7. The van der Waals surface area contributed by atoms with E-state index in [4.69, 9.17) is 11.6 Å². The minimum atomic E-state index is -3.60. The third-order valence-corrected chi connectivity index (χ3v) is 5.13. The van der Waals surface area contributed by atoms with Crippen molar-refractivity contribution in [2.45, 2.75) is 11.8 Å². The third-order valence-electron chi connectivity index (χ3n) is 3.44. The molecule has 0 unspecified atom stereocenters. The first-order valence-corrected chi connectivity index (χ1v) is 9.66. The van der Waals surface area contributed by atoms with Crippen LogP contribution in [0.3, 0.4) is 0 Å². The van der Waals surface area contributed by atoms with Gasteiger partial charge >= 0.3 is 0 Å². The van der Waals surface area contributed by atoms with E-state index in [-0.39, 0.29) is 11.4 Å². The molecule has 0 radical (unpaired) electrons. The minimum absolute atomic E-state index is 0.128. The number of hydrogen-bond donors (Lipinski definition) is 2. The maximum atomic E-state index is 12.2. The van der Waals surface area contributed by atoms with Crippen LogP contribution in [0, 0.1) is 6.92 Å². The number of nitrogens with zero attached hydrogens (tertiary/aromatic N) is 4. The van der Waals surface area contributed by atoms with Crippen molar-refractivity contribution >= 4 is 27.4 Å². The highest BCUT2D eigenvalue weighted by Crippen LogP contribution is 2.15. The zero-order chi connectivity index (χ0) is 18.6. The molecule has 3 aromatic rings. The first-order valence-electron chi connectivity index (χ1n) is 7.79. The Morgan fingerprint density at radius 1 is 1.12 bits per heavy atom. The summed E-state index contributed by atoms with van der Waals surface area (Å²) >= 11 is 5.82. The Labute approximate surface area is 156 Å². The van der Waals surface area contributed by atoms with Gasteiger partial charge in [-0.2, -0.15) is 5.10 Å². The van der Waals surface area contributed by atoms with Gasteiger partial charge in [-0.05, 0) is 43.3 Å². The van der Waals surface area contributed by atoms with Crippen molar-refractivity contribution < 1.29 is 8.42 Å². The minimum Gasteiger partial charge on any atom is -0.367 e. The van der Waals surface area contributed by atoms with Crippen LogP contribution >= 0.6 is 11.6 Å². The second-order valence-corrected chi connectivity index (χ2v) is 7.66. The number of anilines is 1. The van der Waals surface area contributed by atoms with Crippen LogP contribution in [0.5, 0.6) is 0 Å². The molecule has 8 nitrogen and oxygen atoms in total. The number of aryl methyl sites for hydroxylation is 1. The zero-order valence-corrected chi connectivity index (χ0v) is 15.5. The first kappa shape index (κ1) is 18.3. The Balaban J connectivity index is 1.52. The molecule has 0 saturated carbocycles. The van der Waals surface area contributed by atoms with Gasteiger partial charge in [-0.25, -0.2) is 17.8 Å². The Morgan fingerprint density at radius 3 is 2.62 bits per heavy atom. The molecule has 0 atom stereocenters. The van der Waals surface area contributed by atoms with Gasteiger partial charge in [-0.15, -0.1) is 10.2 Å². The summed E-state index contributed by atoms with van der Waals surface area (Å²) in [4.78, 5) is 0.128. The Kier molecular flexibility index (Phi) is 5.50. The zero-order valence-electron chi connectivity index (χ0n) is 13.9. The van der Waals surface area contributed by atoms with Crippen molar-refractivity contribution in [2.75, 3.05) is 18.4 Å². The van der Waals surface area contributed by atoms with Crippen LogP contribution in [-0.4, -0.2) is 41.5 Å². The SMILES string of the molecule is Cc1ccn(-c2ccc(NCCNS(=O)(=O)c3cccc(Cl)c3)nn2)n1. The number of aromatic nitrogens is 4. The smallest absolute Gasteiger partial charge is 0.240 e. The van der Waals surface area contributed by atoms with Crippen LogP contribution in [0.15, 0.2) is 53.6 Å². The molecule has 0 saturated heterocycles. The molecule has 0 spiro atoms. The molecule has 0 bridgehead atoms. The molecule has 0 fully saturated rings. The lowest BCUT2D eigenvalue weighted by Gasteiger charge is -2.08. The van der Waals surface area contributed by atoms with Crippen LogP contribution < -0.4 is 10.0 Å². The fraction of sp³-hybridized carbons (Fsp3) is 0.188. The van der Waals surface area contributed by atoms with Crippen molar-refractivity contribution in [2.24, 2.45) is 0 Å². The first-order chi connectivity index (χ1) is 12.4. The summed E-state index contributed by atoms with van der Waals surface area (Å²) in [5.41, 5.74) is 0.890. The molecule has 136 valence electrons. The third kappa shape index (κ3) is 4.57. The highest BCUT2D eigenvalue weighted by molar-refractivity contribution is 7.89. The topological polar surface area (TPSA) is 102 Å². The Hall–Kier alpha value is -2.49. The van der Waals surface area contributed by atoms with Gasteiger partial charge in [0, 0.05) is 24.3 Å². The van der Waals surface area contributed by atoms with Crippen LogP contribution in [0.4, 0.5) is 5.82 Å². The summed E-state index contributed by atoms with van der Waals surface area (Å²) in [6, 6.07) is 11.5. The van der Waals surface area contributed by atoms with E-state index in [1.165, 1.54) is 12.1 Å². The summed E-state index contributed by atoms with van der Waals surface area (Å²) in [7, 11) is -3.60. The van der Waals surface area contributed by atoms with Crippen molar-refractivity contribution in [3.63, 3.8) is 0 Å². The standard InChI is InChI=1S/C16H17ClN6O2S/c1-12-7-10-23(22-12)16-6-5-15(20-21-16)18-8-9-19-26(24,25)14-4-2-3-13(17)11-14/h2-7,10-11,19H,8-9H2,1H3,(H,18,20). The maximum Gasteiger partial charge on any atom is 0.240 e. The van der Waals surface area contributed by atoms with E-state index in [2.05, 4.69) is 25.3 Å². The molecule has 1 aromatic carbocycles. The molecule has 2 aromatic heterocycles. The molecule has 3 rings (SSSR count). The maximum absolute atomic E-state index is 12.2. The average Bonchev–Trinajstić information content (AvgIpc) is 3.06. The van der Waals surface area contributed by atoms with Crippen molar-refractivity contribution in [3.05, 3.63) is 59.4 Å². The molecular formula is C16H17ClN6O2S. The van der Waals surface area contributed by atoms with E-state index in [0.29, 0.717) is 23.2 Å². The van der Waals surface area contributed by atoms with Crippen LogP contribution in [0.1, 0.15) is 5.69 Å². The van der Waals surface area contributed by atoms with Gasteiger partial charge in [0.2, 0.25) is 10.0 Å². The summed E-state index contributed by atoms with van der Waals surface area (Å²) in [6.07, 6.45) is 1.80. The van der Waals surface area contributed by atoms with E-state index < -0.39 is 10.0 Å². The molecular weight excluding hydrogens is 376 g/mol. The lowest BCUT2D eigenvalue weighted by molar-refractivity contribution is 0.583. The lowest BCUT2D eigenvalue weighted by atomic mass is 10.4. The fourth-order valence-corrected chi connectivity index (χ4v) is 3.51. The summed E-state index contributed by atoms with van der Waals surface area (Å²) in [5.74, 6) is 1.14. The lowest BCUT2D eigenvalue weighted by Crippen LogP contribution is -2.29. The average molecular weight is 393 g/mol. The van der Waals surface area contributed by atoms with Crippen LogP contribution in [0.25, 0.3) is 5.82 Å². The van der Waals surface area contributed by atoms with Gasteiger partial charge in [0.05, 0.1) is 10.6 Å². The van der Waals surface area contributed by atoms with Crippen LogP contribution in [0.2, 0.25) is 5.02 Å². The van der Waals surface area contributed by atoms with E-state index in [0.717, 1.165) is 5.69 Å². The second-order valence-electron chi connectivity index (χ2n) is 5.46. The Morgan fingerprint density at radius 2 is 1.96 bits per heavy atom. The van der Waals surface area contributed by atoms with Gasteiger partial charge in [-0.1, -0.05) is 17.7 Å². The molecule has 0 amide bonds. The van der Waals surface area contributed by atoms with Gasteiger partial charge in [0.15, 0.2) is 5.82 Å². The molecule has 0 aliphatic carbocycles. The molecule has 10 heteroatoms. The predicted molar refractivity (Wildman–Crippen MR) is 99.0 cm³/mol. The molecule has 0 aliphatic rings. The van der Waals surface area contributed by atoms with Gasteiger partial charge in [0.25, 0.3) is 0 Å². The molecule has 0 aliphatic heterocycles. The molecule has 2 N–H and O–H groups in total. The Bertz CT molecular complexity index is 988. The monoisotopic (exact) mass is 392 g/mol. The fourth-order valence-electron chi connectivity index (χ4n) is 2.18. The normalized spacial score (nSPS) is 11.5. The van der Waals surface area contributed by atoms with E-state index in [1.54, 1.807) is 35.1 Å². The summed E-state index contributed by atoms with van der Waals surface area (Å²) in [6.45, 7) is 2.44. The van der Waals surface area contributed by atoms with Crippen LogP contribution in [-0.2, 0) is 10.0 Å². The number of benzene rings is 1. The van der Waals surface area contributed by atoms with Gasteiger partial charge in [0.1, 0.15) is 5.82 Å². The van der Waals surface area contributed by atoms with E-state index in [1.807, 2.05) is 13.0 Å². The second kappa shape index (κ2) is 7.81. The molecule has 2 heterocycles.